The van der Waals surface area contributed by atoms with Crippen molar-refractivity contribution in [3.05, 3.63) is 50.8 Å². The zero-order chi connectivity index (χ0) is 30.8. The Morgan fingerprint density at radius 1 is 0.725 bits per heavy atom. The molecule has 0 saturated heterocycles. The highest BCUT2D eigenvalue weighted by atomic mass is 16.5. The molecule has 2 aromatic heterocycles. The van der Waals surface area contributed by atoms with E-state index in [-0.39, 0.29) is 23.6 Å². The molecule has 0 atom stereocenters. The molecule has 0 radical (unpaired) electrons. The van der Waals surface area contributed by atoms with E-state index in [1.54, 1.807) is 62.3 Å². The number of nitrogens with one attached hydrogen (secondary N) is 1. The van der Waals surface area contributed by atoms with Gasteiger partial charge in [0.05, 0.1) is 29.3 Å². The number of hydroxylamine groups is 3. The largest absolute Gasteiger partial charge is 0.623 e. The first-order valence-corrected chi connectivity index (χ1v) is 13.1. The van der Waals surface area contributed by atoms with Gasteiger partial charge < -0.3 is 10.5 Å². The molecule has 40 heavy (non-hydrogen) atoms. The number of hydrogen-bond donors (Lipinski definition) is 3. The van der Waals surface area contributed by atoms with E-state index in [0.29, 0.717) is 28.5 Å². The Morgan fingerprint density at radius 2 is 1.20 bits per heavy atom. The summed E-state index contributed by atoms with van der Waals surface area (Å²) < 4.78 is 2.80. The molecule has 0 aromatic carbocycles. The second kappa shape index (κ2) is 11.6. The van der Waals surface area contributed by atoms with Gasteiger partial charge in [0.1, 0.15) is 5.69 Å². The highest BCUT2D eigenvalue weighted by molar-refractivity contribution is 5.99. The molecule has 2 aromatic rings. The standard InChI is InChI=1S/C28H43N8O4/c1-17-20(30-18(2)21(31-17)14-34(38)26(4,5)6)13-29-25(37)24-23(16-36(40)28(10,11)12)33-22(19(3)32-24)15-35(39)27(7,8)9/h14-16H,13H2,1-12H3,(H2-,29,31,33,37,38,40)/q+1/p+1/b35-15-. The van der Waals surface area contributed by atoms with Gasteiger partial charge in [0.15, 0.2) is 22.6 Å². The van der Waals surface area contributed by atoms with Crippen molar-refractivity contribution in [1.82, 2.24) is 25.3 Å². The second-order valence-electron chi connectivity index (χ2n) is 12.8. The van der Waals surface area contributed by atoms with Gasteiger partial charge in [-0.05, 0) is 30.2 Å². The van der Waals surface area contributed by atoms with Crippen LogP contribution < -0.4 is 5.32 Å². The highest BCUT2D eigenvalue weighted by Crippen LogP contribution is 2.13. The van der Waals surface area contributed by atoms with Gasteiger partial charge in [0.25, 0.3) is 5.91 Å². The number of hydrogen-bond acceptors (Lipinski definition) is 8. The normalized spacial score (nSPS) is 13.9. The molecule has 0 bridgehead atoms. The van der Waals surface area contributed by atoms with Crippen LogP contribution in [0.3, 0.4) is 0 Å². The van der Waals surface area contributed by atoms with Crippen LogP contribution in [0.4, 0.5) is 0 Å². The van der Waals surface area contributed by atoms with Crippen molar-refractivity contribution in [3.8, 4) is 0 Å². The van der Waals surface area contributed by atoms with Gasteiger partial charge in [-0.3, -0.25) is 20.2 Å². The summed E-state index contributed by atoms with van der Waals surface area (Å²) in [5.41, 5.74) is 1.11. The molecule has 12 nitrogen and oxygen atoms in total. The number of amides is 1. The molecule has 218 valence electrons. The second-order valence-corrected chi connectivity index (χ2v) is 12.8. The van der Waals surface area contributed by atoms with Crippen molar-refractivity contribution in [2.24, 2.45) is 0 Å². The minimum atomic E-state index is -0.699. The maximum Gasteiger partial charge on any atom is 0.272 e. The smallest absolute Gasteiger partial charge is 0.272 e. The Kier molecular flexibility index (Phi) is 9.39. The third-order valence-electron chi connectivity index (χ3n) is 5.91. The fraction of sp³-hybridized carbons (Fsp3) is 0.571. The van der Waals surface area contributed by atoms with Crippen LogP contribution in [0.2, 0.25) is 0 Å². The molecular weight excluding hydrogens is 512 g/mol. The summed E-state index contributed by atoms with van der Waals surface area (Å²) in [7, 11) is 0. The summed E-state index contributed by atoms with van der Waals surface area (Å²) in [5.74, 6) is -0.533. The lowest BCUT2D eigenvalue weighted by Crippen LogP contribution is -2.34. The maximum atomic E-state index is 13.3. The molecule has 0 saturated carbocycles. The van der Waals surface area contributed by atoms with E-state index in [1.165, 1.54) is 18.6 Å². The summed E-state index contributed by atoms with van der Waals surface area (Å²) >= 11 is 0. The molecule has 3 N–H and O–H groups in total. The zero-order valence-corrected chi connectivity index (χ0v) is 25.8. The maximum absolute atomic E-state index is 13.3. The average Bonchev–Trinajstić information content (AvgIpc) is 2.79. The fourth-order valence-electron chi connectivity index (χ4n) is 3.05. The van der Waals surface area contributed by atoms with E-state index in [0.717, 1.165) is 14.2 Å². The first-order valence-electron chi connectivity index (χ1n) is 13.1. The molecule has 0 unspecified atom stereocenters. The summed E-state index contributed by atoms with van der Waals surface area (Å²) in [6.45, 7) is 21.5. The molecule has 2 rings (SSSR count). The number of rotatable bonds is 6. The zero-order valence-electron chi connectivity index (χ0n) is 25.8. The van der Waals surface area contributed by atoms with Gasteiger partial charge in [-0.1, -0.05) is 0 Å². The van der Waals surface area contributed by atoms with E-state index in [4.69, 9.17) is 0 Å². The quantitative estimate of drug-likeness (QED) is 0.161. The van der Waals surface area contributed by atoms with E-state index in [2.05, 4.69) is 25.3 Å². The molecule has 0 spiro atoms. The van der Waals surface area contributed by atoms with Crippen molar-refractivity contribution in [2.75, 3.05) is 0 Å². The van der Waals surface area contributed by atoms with Gasteiger partial charge in [0, 0.05) is 62.3 Å². The number of aryl methyl sites for hydroxylation is 3. The molecule has 0 aliphatic heterocycles. The highest BCUT2D eigenvalue weighted by Gasteiger charge is 2.29. The van der Waals surface area contributed by atoms with Crippen LogP contribution in [0.5, 0.6) is 0 Å². The monoisotopic (exact) mass is 556 g/mol. The Labute approximate surface area is 236 Å². The first-order chi connectivity index (χ1) is 18.1. The minimum absolute atomic E-state index is 0.0143. The van der Waals surface area contributed by atoms with Crippen molar-refractivity contribution < 1.29 is 29.4 Å². The molecule has 12 heteroatoms. The topological polar surface area (TPSA) is 153 Å². The van der Waals surface area contributed by atoms with Gasteiger partial charge in [-0.2, -0.15) is 0 Å². The molecule has 1 amide bonds. The SMILES string of the molecule is Cc1nc(CNC(=O)c2nc(C)c(/C=[N+](\[O-])C(C)(C)C)nc2/C=[N+](\O)C(C)(C)C)c(C)nc1/C=[N+](\O)C(C)(C)C. The lowest BCUT2D eigenvalue weighted by atomic mass is 10.1. The lowest BCUT2D eigenvalue weighted by Gasteiger charge is -2.18. The number of nitrogens with zero attached hydrogens (tertiary/aromatic N) is 7. The predicted octanol–water partition coefficient (Wildman–Crippen LogP) is 3.09. The molecule has 0 aliphatic carbocycles. The third kappa shape index (κ3) is 8.27. The van der Waals surface area contributed by atoms with Crippen LogP contribution in [0.1, 0.15) is 113 Å². The summed E-state index contributed by atoms with van der Waals surface area (Å²) in [4.78, 5) is 31.4. The molecular formula is C28H44N8O4+2. The molecule has 0 aliphatic rings. The van der Waals surface area contributed by atoms with Crippen molar-refractivity contribution >= 4 is 24.6 Å². The van der Waals surface area contributed by atoms with Gasteiger partial charge in [0.2, 0.25) is 29.7 Å². The Balaban J connectivity index is 2.48. The van der Waals surface area contributed by atoms with Gasteiger partial charge in [-0.15, -0.1) is 0 Å². The Bertz CT molecular complexity index is 1370. The van der Waals surface area contributed by atoms with E-state index in [9.17, 15) is 20.4 Å². The van der Waals surface area contributed by atoms with Crippen LogP contribution in [0.15, 0.2) is 0 Å². The summed E-state index contributed by atoms with van der Waals surface area (Å²) in [6, 6.07) is 0. The molecule has 2 heterocycles. The number of carbonyl (C=O) groups excluding carboxylic acids is 1. The number of aromatic nitrogens is 4. The van der Waals surface area contributed by atoms with E-state index < -0.39 is 22.5 Å². The van der Waals surface area contributed by atoms with E-state index >= 15 is 0 Å². The van der Waals surface area contributed by atoms with Crippen LogP contribution in [0, 0.1) is 26.0 Å². The lowest BCUT2D eigenvalue weighted by molar-refractivity contribution is -0.816. The van der Waals surface area contributed by atoms with Gasteiger partial charge >= 0.3 is 0 Å². The Morgan fingerprint density at radius 3 is 1.70 bits per heavy atom. The fourth-order valence-corrected chi connectivity index (χ4v) is 3.05. The van der Waals surface area contributed by atoms with Crippen LogP contribution >= 0.6 is 0 Å². The average molecular weight is 557 g/mol. The van der Waals surface area contributed by atoms with E-state index in [1.807, 2.05) is 20.8 Å². The first kappa shape index (κ1) is 32.3. The minimum Gasteiger partial charge on any atom is -0.623 e. The van der Waals surface area contributed by atoms with Crippen molar-refractivity contribution in [2.45, 2.75) is 106 Å². The van der Waals surface area contributed by atoms with Crippen LogP contribution in [-0.4, -0.2) is 85.7 Å². The summed E-state index contributed by atoms with van der Waals surface area (Å²) in [5, 5.41) is 36.2. The van der Waals surface area contributed by atoms with Crippen LogP contribution in [-0.2, 0) is 6.54 Å². The van der Waals surface area contributed by atoms with Crippen molar-refractivity contribution in [3.63, 3.8) is 0 Å². The predicted molar refractivity (Wildman–Crippen MR) is 152 cm³/mol. The van der Waals surface area contributed by atoms with Gasteiger partial charge in [-0.25, -0.2) is 19.7 Å². The van der Waals surface area contributed by atoms with Crippen LogP contribution in [0.25, 0.3) is 0 Å². The summed E-state index contributed by atoms with van der Waals surface area (Å²) in [6.07, 6.45) is 4.17. The number of carbonyl (C=O) groups is 1. The third-order valence-corrected chi connectivity index (χ3v) is 5.91. The van der Waals surface area contributed by atoms with Crippen molar-refractivity contribution in [1.29, 1.82) is 0 Å². The molecule has 0 fully saturated rings. The Hall–Kier alpha value is -3.96.